The van der Waals surface area contributed by atoms with Gasteiger partial charge in [-0.25, -0.2) is 0 Å². The summed E-state index contributed by atoms with van der Waals surface area (Å²) in [7, 11) is 0. The number of nitrogens with one attached hydrogen (secondary N) is 1. The van der Waals surface area contributed by atoms with Crippen LogP contribution >= 0.6 is 0 Å². The fourth-order valence-electron chi connectivity index (χ4n) is 2.61. The van der Waals surface area contributed by atoms with Gasteiger partial charge in [0.15, 0.2) is 5.82 Å². The van der Waals surface area contributed by atoms with E-state index in [0.717, 1.165) is 12.1 Å². The molecular formula is C18H21N3O3. The van der Waals surface area contributed by atoms with Gasteiger partial charge in [-0.2, -0.15) is 0 Å². The molecule has 1 aliphatic heterocycles. The predicted molar refractivity (Wildman–Crippen MR) is 91.2 cm³/mol. The van der Waals surface area contributed by atoms with Crippen molar-refractivity contribution in [1.82, 2.24) is 5.16 Å². The Bertz CT molecular complexity index is 774. The van der Waals surface area contributed by atoms with Crippen molar-refractivity contribution in [1.29, 1.82) is 0 Å². The number of hydrogen-bond acceptors (Lipinski definition) is 4. The lowest BCUT2D eigenvalue weighted by Gasteiger charge is -2.16. The summed E-state index contributed by atoms with van der Waals surface area (Å²) in [5.74, 6) is 0.901. The third-order valence-corrected chi connectivity index (χ3v) is 3.98. The zero-order valence-corrected chi connectivity index (χ0v) is 14.1. The molecule has 2 heterocycles. The first kappa shape index (κ1) is 16.2. The van der Waals surface area contributed by atoms with Gasteiger partial charge in [-0.15, -0.1) is 0 Å². The highest BCUT2D eigenvalue weighted by atomic mass is 16.5. The molecule has 0 aliphatic carbocycles. The quantitative estimate of drug-likeness (QED) is 0.938. The third-order valence-electron chi connectivity index (χ3n) is 3.98. The maximum absolute atomic E-state index is 12.4. The molecule has 2 aromatic rings. The van der Waals surface area contributed by atoms with Crippen LogP contribution in [0, 0.1) is 0 Å². The summed E-state index contributed by atoms with van der Waals surface area (Å²) in [5.41, 5.74) is 1.06. The molecule has 126 valence electrons. The first-order chi connectivity index (χ1) is 11.3. The Hall–Kier alpha value is -2.63. The number of carbonyl (C=O) groups is 2. The average molecular weight is 327 g/mol. The maximum Gasteiger partial charge on any atom is 0.256 e. The molecule has 1 aliphatic rings. The highest BCUT2D eigenvalue weighted by molar-refractivity contribution is 6.05. The van der Waals surface area contributed by atoms with E-state index in [4.69, 9.17) is 4.52 Å². The van der Waals surface area contributed by atoms with Crippen LogP contribution in [0.4, 0.5) is 11.5 Å². The Balaban J connectivity index is 1.76. The first-order valence-corrected chi connectivity index (χ1v) is 8.03. The summed E-state index contributed by atoms with van der Waals surface area (Å²) >= 11 is 0. The van der Waals surface area contributed by atoms with E-state index in [1.54, 1.807) is 29.2 Å². The minimum Gasteiger partial charge on any atom is -0.359 e. The molecule has 0 saturated carbocycles. The van der Waals surface area contributed by atoms with Gasteiger partial charge in [0.05, 0.1) is 0 Å². The Morgan fingerprint density at radius 3 is 2.71 bits per heavy atom. The Morgan fingerprint density at radius 1 is 1.29 bits per heavy atom. The van der Waals surface area contributed by atoms with Gasteiger partial charge >= 0.3 is 0 Å². The number of rotatable bonds is 3. The van der Waals surface area contributed by atoms with Crippen LogP contribution in [-0.2, 0) is 10.2 Å². The topological polar surface area (TPSA) is 75.4 Å². The Labute approximate surface area is 140 Å². The molecule has 1 fully saturated rings. The first-order valence-electron chi connectivity index (χ1n) is 8.03. The standard InChI is InChI=1S/C18H21N3O3/c1-18(2,3)14-11-15(20-24-14)19-17(23)12-6-4-7-13(10-12)21-9-5-8-16(21)22/h4,6-7,10-11H,5,8-9H2,1-3H3,(H,19,20,23). The van der Waals surface area contributed by atoms with Crippen LogP contribution in [0.5, 0.6) is 0 Å². The summed E-state index contributed by atoms with van der Waals surface area (Å²) in [5, 5.41) is 6.62. The molecule has 2 amide bonds. The van der Waals surface area contributed by atoms with Crippen LogP contribution in [0.1, 0.15) is 49.7 Å². The van der Waals surface area contributed by atoms with Gasteiger partial charge in [-0.1, -0.05) is 32.0 Å². The highest BCUT2D eigenvalue weighted by Gasteiger charge is 2.23. The SMILES string of the molecule is CC(C)(C)c1cc(NC(=O)c2cccc(N3CCCC3=O)c2)no1. The molecule has 0 bridgehead atoms. The number of benzene rings is 1. The van der Waals surface area contributed by atoms with Gasteiger partial charge in [0, 0.05) is 35.7 Å². The summed E-state index contributed by atoms with van der Waals surface area (Å²) < 4.78 is 5.27. The van der Waals surface area contributed by atoms with E-state index in [-0.39, 0.29) is 17.2 Å². The molecule has 1 aromatic carbocycles. The van der Waals surface area contributed by atoms with Crippen LogP contribution in [0.2, 0.25) is 0 Å². The number of amides is 2. The molecule has 0 atom stereocenters. The normalized spacial score (nSPS) is 15.0. The molecule has 0 unspecified atom stereocenters. The van der Waals surface area contributed by atoms with Crippen LogP contribution < -0.4 is 10.2 Å². The molecule has 3 rings (SSSR count). The van der Waals surface area contributed by atoms with E-state index in [1.165, 1.54) is 0 Å². The smallest absolute Gasteiger partial charge is 0.256 e. The summed E-state index contributed by atoms with van der Waals surface area (Å²) in [6, 6.07) is 8.78. The van der Waals surface area contributed by atoms with Gasteiger partial charge in [-0.3, -0.25) is 9.59 Å². The monoisotopic (exact) mass is 327 g/mol. The molecule has 6 heteroatoms. The molecule has 0 radical (unpaired) electrons. The highest BCUT2D eigenvalue weighted by Crippen LogP contribution is 2.25. The van der Waals surface area contributed by atoms with E-state index in [1.807, 2.05) is 26.8 Å². The molecule has 1 aromatic heterocycles. The lowest BCUT2D eigenvalue weighted by Crippen LogP contribution is -2.24. The number of anilines is 2. The fourth-order valence-corrected chi connectivity index (χ4v) is 2.61. The van der Waals surface area contributed by atoms with Crippen LogP contribution in [-0.4, -0.2) is 23.5 Å². The lowest BCUT2D eigenvalue weighted by molar-refractivity contribution is -0.117. The van der Waals surface area contributed by atoms with Gasteiger partial charge in [0.25, 0.3) is 5.91 Å². The summed E-state index contributed by atoms with van der Waals surface area (Å²) in [4.78, 5) is 26.0. The van der Waals surface area contributed by atoms with Gasteiger partial charge < -0.3 is 14.7 Å². The summed E-state index contributed by atoms with van der Waals surface area (Å²) in [6.45, 7) is 6.73. The minimum atomic E-state index is -0.280. The molecular weight excluding hydrogens is 306 g/mol. The lowest BCUT2D eigenvalue weighted by atomic mass is 9.93. The van der Waals surface area contributed by atoms with E-state index >= 15 is 0 Å². The van der Waals surface area contributed by atoms with Gasteiger partial charge in [0.2, 0.25) is 5.91 Å². The van der Waals surface area contributed by atoms with E-state index in [0.29, 0.717) is 30.1 Å². The third kappa shape index (κ3) is 3.32. The van der Waals surface area contributed by atoms with E-state index < -0.39 is 0 Å². The van der Waals surface area contributed by atoms with Crippen molar-refractivity contribution >= 4 is 23.3 Å². The second-order valence-corrected chi connectivity index (χ2v) is 6.98. The largest absolute Gasteiger partial charge is 0.359 e. The summed E-state index contributed by atoms with van der Waals surface area (Å²) in [6.07, 6.45) is 1.41. The second-order valence-electron chi connectivity index (χ2n) is 6.98. The van der Waals surface area contributed by atoms with Gasteiger partial charge in [-0.05, 0) is 24.6 Å². The van der Waals surface area contributed by atoms with Crippen LogP contribution in [0.25, 0.3) is 0 Å². The van der Waals surface area contributed by atoms with Crippen molar-refractivity contribution in [2.24, 2.45) is 0 Å². The predicted octanol–water partition coefficient (Wildman–Crippen LogP) is 3.35. The molecule has 1 saturated heterocycles. The Morgan fingerprint density at radius 2 is 2.08 bits per heavy atom. The van der Waals surface area contributed by atoms with Crippen molar-refractivity contribution in [2.75, 3.05) is 16.8 Å². The molecule has 6 nitrogen and oxygen atoms in total. The number of carbonyl (C=O) groups excluding carboxylic acids is 2. The number of aromatic nitrogens is 1. The second kappa shape index (κ2) is 6.11. The molecule has 0 spiro atoms. The van der Waals surface area contributed by atoms with E-state index in [9.17, 15) is 9.59 Å². The van der Waals surface area contributed by atoms with Crippen molar-refractivity contribution in [3.8, 4) is 0 Å². The van der Waals surface area contributed by atoms with E-state index in [2.05, 4.69) is 10.5 Å². The minimum absolute atomic E-state index is 0.0962. The van der Waals surface area contributed by atoms with Crippen molar-refractivity contribution in [3.63, 3.8) is 0 Å². The zero-order valence-electron chi connectivity index (χ0n) is 14.1. The maximum atomic E-state index is 12.4. The fraction of sp³-hybridized carbons (Fsp3) is 0.389. The zero-order chi connectivity index (χ0) is 17.3. The molecule has 24 heavy (non-hydrogen) atoms. The molecule has 1 N–H and O–H groups in total. The van der Waals surface area contributed by atoms with Crippen LogP contribution in [0.3, 0.4) is 0 Å². The number of hydrogen-bond donors (Lipinski definition) is 1. The van der Waals surface area contributed by atoms with Gasteiger partial charge in [0.1, 0.15) is 5.76 Å². The van der Waals surface area contributed by atoms with Crippen LogP contribution in [0.15, 0.2) is 34.9 Å². The number of nitrogens with zero attached hydrogens (tertiary/aromatic N) is 2. The van der Waals surface area contributed by atoms with Crippen molar-refractivity contribution < 1.29 is 14.1 Å². The Kier molecular flexibility index (Phi) is 4.13. The van der Waals surface area contributed by atoms with Crippen molar-refractivity contribution in [2.45, 2.75) is 39.0 Å². The average Bonchev–Trinajstić information content (AvgIpc) is 3.16. The van der Waals surface area contributed by atoms with Crippen molar-refractivity contribution in [3.05, 3.63) is 41.7 Å².